The fraction of sp³-hybridized carbons (Fsp3) is 0.0938. The van der Waals surface area contributed by atoms with Crippen LogP contribution in [0.1, 0.15) is 22.8 Å². The predicted molar refractivity (Wildman–Crippen MR) is 151 cm³/mol. The number of ether oxygens (including phenoxy) is 2. The van der Waals surface area contributed by atoms with Crippen molar-refractivity contribution < 1.29 is 23.5 Å². The smallest absolute Gasteiger partial charge is 0.309 e. The number of methoxy groups -OCH3 is 1. The minimum absolute atomic E-state index is 0.156. The number of benzene rings is 4. The Balaban J connectivity index is 1.58. The quantitative estimate of drug-likeness (QED) is 0.231. The summed E-state index contributed by atoms with van der Waals surface area (Å²) in [4.78, 5) is 24.9. The molecule has 4 aromatic carbocycles. The highest BCUT2D eigenvalue weighted by molar-refractivity contribution is 6.04. The normalized spacial score (nSPS) is 10.7. The van der Waals surface area contributed by atoms with Crippen LogP contribution in [0.3, 0.4) is 0 Å². The van der Waals surface area contributed by atoms with Crippen LogP contribution in [0.25, 0.3) is 28.1 Å². The molecule has 1 N–H and O–H groups in total. The van der Waals surface area contributed by atoms with Crippen molar-refractivity contribution >= 4 is 17.6 Å². The average molecular weight is 536 g/mol. The third-order valence-electron chi connectivity index (χ3n) is 6.24. The maximum atomic E-state index is 14.2. The lowest BCUT2D eigenvalue weighted by Crippen LogP contribution is -2.11. The van der Waals surface area contributed by atoms with Crippen LogP contribution < -0.4 is 14.8 Å². The maximum absolute atomic E-state index is 14.2. The first-order valence-corrected chi connectivity index (χ1v) is 12.5. The predicted octanol–water partition coefficient (Wildman–Crippen LogP) is 6.84. The summed E-state index contributed by atoms with van der Waals surface area (Å²) in [6.07, 6.45) is 0. The van der Waals surface area contributed by atoms with E-state index in [-0.39, 0.29) is 11.8 Å². The monoisotopic (exact) mass is 535 g/mol. The van der Waals surface area contributed by atoms with Crippen molar-refractivity contribution in [2.24, 2.45) is 0 Å². The lowest BCUT2D eigenvalue weighted by Gasteiger charge is -2.11. The van der Waals surface area contributed by atoms with Crippen LogP contribution >= 0.6 is 0 Å². The second kappa shape index (κ2) is 11.2. The molecule has 0 unspecified atom stereocenters. The molecule has 0 radical (unpaired) electrons. The van der Waals surface area contributed by atoms with Crippen LogP contribution in [-0.2, 0) is 4.79 Å². The topological polar surface area (TPSA) is 82.4 Å². The van der Waals surface area contributed by atoms with Gasteiger partial charge in [-0.1, -0.05) is 48.0 Å². The van der Waals surface area contributed by atoms with Crippen LogP contribution in [0, 0.1) is 12.7 Å². The third-order valence-corrected chi connectivity index (χ3v) is 6.24. The Morgan fingerprint density at radius 1 is 0.875 bits per heavy atom. The fourth-order valence-electron chi connectivity index (χ4n) is 4.26. The fourth-order valence-corrected chi connectivity index (χ4v) is 4.26. The molecule has 200 valence electrons. The van der Waals surface area contributed by atoms with Gasteiger partial charge in [-0.05, 0) is 67.1 Å². The summed E-state index contributed by atoms with van der Waals surface area (Å²) >= 11 is 0. The summed E-state index contributed by atoms with van der Waals surface area (Å²) < 4.78 is 26.4. The minimum atomic E-state index is -0.544. The van der Waals surface area contributed by atoms with Crippen molar-refractivity contribution in [1.29, 1.82) is 0 Å². The van der Waals surface area contributed by atoms with Gasteiger partial charge in [0.25, 0.3) is 5.91 Å². The highest BCUT2D eigenvalue weighted by Crippen LogP contribution is 2.41. The van der Waals surface area contributed by atoms with Crippen molar-refractivity contribution in [2.45, 2.75) is 13.8 Å². The SMILES string of the molecule is COc1ccc(C(=O)Nc2ccc(-c3c(-c4ccc(C)cc4)nn(-c4cccc(F)c4)c3OC(C)=O)cc2)cc1. The van der Waals surface area contributed by atoms with Crippen LogP contribution in [0.5, 0.6) is 11.6 Å². The van der Waals surface area contributed by atoms with Crippen LogP contribution in [0.15, 0.2) is 97.1 Å². The third kappa shape index (κ3) is 5.61. The molecule has 0 fully saturated rings. The summed E-state index contributed by atoms with van der Waals surface area (Å²) in [6.45, 7) is 3.29. The van der Waals surface area contributed by atoms with Crippen molar-refractivity contribution in [3.63, 3.8) is 0 Å². The molecule has 8 heteroatoms. The lowest BCUT2D eigenvalue weighted by atomic mass is 10.00. The second-order valence-electron chi connectivity index (χ2n) is 9.14. The molecule has 0 saturated heterocycles. The molecule has 40 heavy (non-hydrogen) atoms. The first kappa shape index (κ1) is 26.4. The molecule has 0 aliphatic carbocycles. The molecular weight excluding hydrogens is 509 g/mol. The Morgan fingerprint density at radius 3 is 2.17 bits per heavy atom. The van der Waals surface area contributed by atoms with Gasteiger partial charge in [-0.3, -0.25) is 9.59 Å². The van der Waals surface area contributed by atoms with E-state index >= 15 is 0 Å². The van der Waals surface area contributed by atoms with Gasteiger partial charge in [0.15, 0.2) is 0 Å². The van der Waals surface area contributed by atoms with Crippen LogP contribution in [0.2, 0.25) is 0 Å². The number of anilines is 1. The molecule has 0 spiro atoms. The second-order valence-corrected chi connectivity index (χ2v) is 9.14. The van der Waals surface area contributed by atoms with E-state index in [0.29, 0.717) is 39.5 Å². The molecule has 5 rings (SSSR count). The van der Waals surface area contributed by atoms with Crippen molar-refractivity contribution in [3.8, 4) is 39.7 Å². The largest absolute Gasteiger partial charge is 0.497 e. The van der Waals surface area contributed by atoms with Gasteiger partial charge in [0.05, 0.1) is 18.4 Å². The van der Waals surface area contributed by atoms with Crippen LogP contribution in [-0.4, -0.2) is 28.8 Å². The number of aromatic nitrogens is 2. The molecule has 0 bridgehead atoms. The van der Waals surface area contributed by atoms with Crippen molar-refractivity contribution in [3.05, 3.63) is 114 Å². The van der Waals surface area contributed by atoms with Crippen molar-refractivity contribution in [1.82, 2.24) is 9.78 Å². The molecule has 5 aromatic rings. The van der Waals surface area contributed by atoms with E-state index in [1.54, 1.807) is 67.8 Å². The van der Waals surface area contributed by atoms with E-state index in [1.165, 1.54) is 23.7 Å². The zero-order valence-electron chi connectivity index (χ0n) is 22.1. The number of amides is 1. The van der Waals surface area contributed by atoms with E-state index in [9.17, 15) is 14.0 Å². The summed E-state index contributed by atoms with van der Waals surface area (Å²) in [5.41, 5.74) is 5.13. The van der Waals surface area contributed by atoms with E-state index in [4.69, 9.17) is 14.6 Å². The van der Waals surface area contributed by atoms with Gasteiger partial charge in [-0.2, -0.15) is 9.78 Å². The summed E-state index contributed by atoms with van der Waals surface area (Å²) in [6, 6.07) is 27.6. The summed E-state index contributed by atoms with van der Waals surface area (Å²) in [5.74, 6) is -0.443. The number of esters is 1. The maximum Gasteiger partial charge on any atom is 0.309 e. The van der Waals surface area contributed by atoms with Gasteiger partial charge >= 0.3 is 5.97 Å². The molecule has 1 amide bonds. The molecule has 1 heterocycles. The average Bonchev–Trinajstić information content (AvgIpc) is 3.32. The van der Waals surface area contributed by atoms with Gasteiger partial charge in [0, 0.05) is 23.7 Å². The minimum Gasteiger partial charge on any atom is -0.497 e. The van der Waals surface area contributed by atoms with Gasteiger partial charge in [-0.25, -0.2) is 4.39 Å². The van der Waals surface area contributed by atoms with Gasteiger partial charge in [0.1, 0.15) is 17.3 Å². The molecule has 1 aromatic heterocycles. The van der Waals surface area contributed by atoms with Crippen LogP contribution in [0.4, 0.5) is 10.1 Å². The Labute approximate surface area is 230 Å². The molecule has 0 aliphatic heterocycles. The molecule has 0 atom stereocenters. The van der Waals surface area contributed by atoms with E-state index in [2.05, 4.69) is 5.32 Å². The Kier molecular flexibility index (Phi) is 7.41. The molecular formula is C32H26FN3O4. The van der Waals surface area contributed by atoms with Gasteiger partial charge in [0.2, 0.25) is 5.88 Å². The first-order chi connectivity index (χ1) is 19.3. The number of hydrogen-bond donors (Lipinski definition) is 1. The Morgan fingerprint density at radius 2 is 1.55 bits per heavy atom. The number of aryl methyl sites for hydroxylation is 1. The number of carbonyl (C=O) groups is 2. The highest BCUT2D eigenvalue weighted by Gasteiger charge is 2.25. The van der Waals surface area contributed by atoms with E-state index in [0.717, 1.165) is 11.1 Å². The lowest BCUT2D eigenvalue weighted by molar-refractivity contribution is -0.132. The van der Waals surface area contributed by atoms with Crippen molar-refractivity contribution in [2.75, 3.05) is 12.4 Å². The number of rotatable bonds is 7. The number of halogens is 1. The number of nitrogens with one attached hydrogen (secondary N) is 1. The zero-order chi connectivity index (χ0) is 28.2. The first-order valence-electron chi connectivity index (χ1n) is 12.5. The summed E-state index contributed by atoms with van der Waals surface area (Å²) in [5, 5.41) is 7.65. The Bertz CT molecular complexity index is 1680. The number of carbonyl (C=O) groups excluding carboxylic acids is 2. The standard InChI is InChI=1S/C32H26FN3O4/c1-20-7-9-23(10-8-20)30-29(32(40-21(2)37)36(35-30)27-6-4-5-25(33)19-27)22-11-15-26(16-12-22)34-31(38)24-13-17-28(39-3)18-14-24/h4-19H,1-3H3,(H,34,38). The van der Waals surface area contributed by atoms with E-state index < -0.39 is 11.8 Å². The van der Waals surface area contributed by atoms with Gasteiger partial charge in [-0.15, -0.1) is 0 Å². The van der Waals surface area contributed by atoms with E-state index in [1.807, 2.05) is 31.2 Å². The molecule has 0 aliphatic rings. The summed E-state index contributed by atoms with van der Waals surface area (Å²) in [7, 11) is 1.57. The number of nitrogens with zero attached hydrogens (tertiary/aromatic N) is 2. The number of hydrogen-bond acceptors (Lipinski definition) is 5. The molecule has 7 nitrogen and oxygen atoms in total. The Hall–Kier alpha value is -5.24. The zero-order valence-corrected chi connectivity index (χ0v) is 22.1. The molecule has 0 saturated carbocycles. The van der Waals surface area contributed by atoms with Gasteiger partial charge < -0.3 is 14.8 Å². The highest BCUT2D eigenvalue weighted by atomic mass is 19.1.